The average molecular weight is 174 g/mol. The molecule has 0 bridgehead atoms. The smallest absolute Gasteiger partial charge is 0.235 e. The highest BCUT2D eigenvalue weighted by molar-refractivity contribution is 6.27. The molecule has 2 aliphatic rings. The van der Waals surface area contributed by atoms with E-state index in [1.165, 1.54) is 19.3 Å². The molecule has 0 saturated heterocycles. The molecule has 0 spiro atoms. The molecule has 2 fully saturated rings. The fourth-order valence-electron chi connectivity index (χ4n) is 2.10. The van der Waals surface area contributed by atoms with E-state index in [-0.39, 0.29) is 11.8 Å². The lowest BCUT2D eigenvalue weighted by atomic mass is 10.1. The molecule has 1 N–H and O–H groups in total. The normalized spacial score (nSPS) is 39.9. The molecule has 0 radical (unpaired) electrons. The second kappa shape index (κ2) is 2.67. The molecular formula is C8H12ClNO. The summed E-state index contributed by atoms with van der Waals surface area (Å²) in [7, 11) is 0. The monoisotopic (exact) mass is 173 g/mol. The van der Waals surface area contributed by atoms with Crippen LogP contribution in [-0.4, -0.2) is 17.8 Å². The minimum absolute atomic E-state index is 0.0158. The summed E-state index contributed by atoms with van der Waals surface area (Å²) in [6.07, 6.45) is 3.77. The molecule has 2 rings (SSSR count). The molecule has 1 amide bonds. The molecule has 2 saturated carbocycles. The zero-order valence-corrected chi connectivity index (χ0v) is 7.10. The Labute approximate surface area is 71.3 Å². The zero-order valence-electron chi connectivity index (χ0n) is 6.35. The van der Waals surface area contributed by atoms with Crippen LogP contribution in [0.2, 0.25) is 0 Å². The Morgan fingerprint density at radius 2 is 2.00 bits per heavy atom. The summed E-state index contributed by atoms with van der Waals surface area (Å²) in [5, 5.41) is 2.92. The van der Waals surface area contributed by atoms with E-state index in [1.807, 2.05) is 0 Å². The van der Waals surface area contributed by atoms with Crippen LogP contribution in [0.5, 0.6) is 0 Å². The maximum absolute atomic E-state index is 10.8. The molecule has 2 aliphatic carbocycles. The van der Waals surface area contributed by atoms with Crippen molar-refractivity contribution >= 4 is 17.5 Å². The maximum Gasteiger partial charge on any atom is 0.235 e. The summed E-state index contributed by atoms with van der Waals surface area (Å²) in [6.45, 7) is 0. The number of nitrogens with one attached hydrogen (secondary N) is 1. The van der Waals surface area contributed by atoms with Crippen LogP contribution in [0.4, 0.5) is 0 Å². The van der Waals surface area contributed by atoms with Gasteiger partial charge in [0.25, 0.3) is 0 Å². The zero-order chi connectivity index (χ0) is 7.84. The van der Waals surface area contributed by atoms with Gasteiger partial charge in [-0.3, -0.25) is 4.79 Å². The summed E-state index contributed by atoms with van der Waals surface area (Å²) >= 11 is 5.37. The van der Waals surface area contributed by atoms with Gasteiger partial charge in [-0.1, -0.05) is 0 Å². The molecule has 62 valence electrons. The Balaban J connectivity index is 1.75. The Morgan fingerprint density at radius 3 is 2.55 bits per heavy atom. The largest absolute Gasteiger partial charge is 0.352 e. The molecule has 0 aromatic heterocycles. The molecule has 2 nitrogen and oxygen atoms in total. The lowest BCUT2D eigenvalue weighted by Crippen LogP contribution is -2.34. The number of hydrogen-bond donors (Lipinski definition) is 1. The summed E-state index contributed by atoms with van der Waals surface area (Å²) in [6, 6.07) is 0.435. The van der Waals surface area contributed by atoms with Crippen LogP contribution in [0, 0.1) is 11.8 Å². The third kappa shape index (κ3) is 1.51. The van der Waals surface area contributed by atoms with Gasteiger partial charge in [0.2, 0.25) is 5.91 Å². The molecule has 0 aromatic rings. The van der Waals surface area contributed by atoms with Crippen molar-refractivity contribution in [3.8, 4) is 0 Å². The first-order valence-electron chi connectivity index (χ1n) is 4.15. The molecule has 2 unspecified atom stereocenters. The van der Waals surface area contributed by atoms with Crippen LogP contribution in [0.3, 0.4) is 0 Å². The van der Waals surface area contributed by atoms with E-state index in [4.69, 9.17) is 11.6 Å². The highest BCUT2D eigenvalue weighted by atomic mass is 35.5. The van der Waals surface area contributed by atoms with Crippen molar-refractivity contribution in [1.82, 2.24) is 5.32 Å². The van der Waals surface area contributed by atoms with Gasteiger partial charge in [0.05, 0.1) is 0 Å². The fourth-order valence-corrected chi connectivity index (χ4v) is 2.18. The van der Waals surface area contributed by atoms with Gasteiger partial charge in [-0.2, -0.15) is 0 Å². The van der Waals surface area contributed by atoms with Gasteiger partial charge in [0.15, 0.2) is 0 Å². The van der Waals surface area contributed by atoms with E-state index in [0.717, 1.165) is 11.8 Å². The maximum atomic E-state index is 10.8. The van der Waals surface area contributed by atoms with E-state index in [9.17, 15) is 4.79 Å². The first-order chi connectivity index (χ1) is 5.29. The van der Waals surface area contributed by atoms with Crippen LogP contribution in [0.1, 0.15) is 19.3 Å². The first kappa shape index (κ1) is 7.41. The van der Waals surface area contributed by atoms with Crippen LogP contribution >= 0.6 is 11.6 Å². The lowest BCUT2D eigenvalue weighted by molar-refractivity contribution is -0.119. The Hall–Kier alpha value is -0.240. The SMILES string of the molecule is O=C(CCl)NC1CC2CC2C1. The van der Waals surface area contributed by atoms with Crippen molar-refractivity contribution in [2.75, 3.05) is 5.88 Å². The quantitative estimate of drug-likeness (QED) is 0.624. The van der Waals surface area contributed by atoms with Gasteiger partial charge < -0.3 is 5.32 Å². The first-order valence-corrected chi connectivity index (χ1v) is 4.68. The summed E-state index contributed by atoms with van der Waals surface area (Å²) in [5.41, 5.74) is 0. The third-order valence-corrected chi connectivity index (χ3v) is 2.97. The Kier molecular flexibility index (Phi) is 1.80. The van der Waals surface area contributed by atoms with E-state index in [2.05, 4.69) is 5.32 Å². The molecule has 0 heterocycles. The Bertz CT molecular complexity index is 173. The van der Waals surface area contributed by atoms with E-state index in [0.29, 0.717) is 6.04 Å². The summed E-state index contributed by atoms with van der Waals surface area (Å²) in [5.74, 6) is 1.94. The predicted molar refractivity (Wildman–Crippen MR) is 43.5 cm³/mol. The second-order valence-corrected chi connectivity index (χ2v) is 3.89. The molecule has 3 heteroatoms. The van der Waals surface area contributed by atoms with Crippen molar-refractivity contribution in [2.24, 2.45) is 11.8 Å². The molecule has 0 aromatic carbocycles. The van der Waals surface area contributed by atoms with Gasteiger partial charge in [-0.05, 0) is 31.1 Å². The van der Waals surface area contributed by atoms with Gasteiger partial charge in [0, 0.05) is 6.04 Å². The predicted octanol–water partition coefficient (Wildman–Crippen LogP) is 1.14. The number of hydrogen-bond acceptors (Lipinski definition) is 1. The summed E-state index contributed by atoms with van der Waals surface area (Å²) in [4.78, 5) is 10.8. The molecular weight excluding hydrogens is 162 g/mol. The Morgan fingerprint density at radius 1 is 1.36 bits per heavy atom. The van der Waals surface area contributed by atoms with Crippen molar-refractivity contribution in [3.63, 3.8) is 0 Å². The average Bonchev–Trinajstić information content (AvgIpc) is 2.60. The van der Waals surface area contributed by atoms with Crippen LogP contribution in [-0.2, 0) is 4.79 Å². The van der Waals surface area contributed by atoms with E-state index in [1.54, 1.807) is 0 Å². The van der Waals surface area contributed by atoms with Crippen molar-refractivity contribution in [2.45, 2.75) is 25.3 Å². The van der Waals surface area contributed by atoms with E-state index < -0.39 is 0 Å². The number of carbonyl (C=O) groups is 1. The van der Waals surface area contributed by atoms with Crippen LogP contribution in [0.25, 0.3) is 0 Å². The van der Waals surface area contributed by atoms with Gasteiger partial charge in [-0.15, -0.1) is 11.6 Å². The standard InChI is InChI=1S/C8H12ClNO/c9-4-8(11)10-7-2-5-1-6(5)3-7/h5-7H,1-4H2,(H,10,11). The minimum Gasteiger partial charge on any atom is -0.352 e. The van der Waals surface area contributed by atoms with Crippen molar-refractivity contribution in [1.29, 1.82) is 0 Å². The number of fused-ring (bicyclic) bond motifs is 1. The van der Waals surface area contributed by atoms with Gasteiger partial charge >= 0.3 is 0 Å². The minimum atomic E-state index is -0.0158. The lowest BCUT2D eigenvalue weighted by Gasteiger charge is -2.12. The number of rotatable bonds is 2. The van der Waals surface area contributed by atoms with Crippen LogP contribution in [0.15, 0.2) is 0 Å². The highest BCUT2D eigenvalue weighted by Crippen LogP contribution is 2.51. The number of amides is 1. The summed E-state index contributed by atoms with van der Waals surface area (Å²) < 4.78 is 0. The molecule has 0 aliphatic heterocycles. The second-order valence-electron chi connectivity index (χ2n) is 3.63. The fraction of sp³-hybridized carbons (Fsp3) is 0.875. The third-order valence-electron chi connectivity index (χ3n) is 2.73. The van der Waals surface area contributed by atoms with Crippen molar-refractivity contribution in [3.05, 3.63) is 0 Å². The van der Waals surface area contributed by atoms with Crippen LogP contribution < -0.4 is 5.32 Å². The number of halogens is 1. The highest BCUT2D eigenvalue weighted by Gasteiger charge is 2.45. The van der Waals surface area contributed by atoms with Crippen molar-refractivity contribution < 1.29 is 4.79 Å². The van der Waals surface area contributed by atoms with Gasteiger partial charge in [0.1, 0.15) is 5.88 Å². The number of carbonyl (C=O) groups excluding carboxylic acids is 1. The number of alkyl halides is 1. The van der Waals surface area contributed by atoms with Gasteiger partial charge in [-0.25, -0.2) is 0 Å². The molecule has 11 heavy (non-hydrogen) atoms. The van der Waals surface area contributed by atoms with E-state index >= 15 is 0 Å². The topological polar surface area (TPSA) is 29.1 Å². The molecule has 2 atom stereocenters.